The first-order valence-electron chi connectivity index (χ1n) is 7.32. The maximum atomic E-state index is 12.2. The monoisotopic (exact) mass is 319 g/mol. The Hall–Kier alpha value is -3.41. The molecule has 0 radical (unpaired) electrons. The Kier molecular flexibility index (Phi) is 3.16. The van der Waals surface area contributed by atoms with E-state index < -0.39 is 0 Å². The molecule has 2 aromatic heterocycles. The fraction of sp³-hybridized carbons (Fsp3) is 0.0556. The third kappa shape index (κ3) is 2.16. The van der Waals surface area contributed by atoms with Crippen LogP contribution in [0.5, 0.6) is 5.75 Å². The minimum atomic E-state index is -0.249. The predicted octanol–water partition coefficient (Wildman–Crippen LogP) is 2.82. The van der Waals surface area contributed by atoms with Gasteiger partial charge in [0.25, 0.3) is 5.56 Å². The molecule has 118 valence electrons. The highest BCUT2D eigenvalue weighted by molar-refractivity contribution is 5.86. The molecule has 0 fully saturated rings. The molecule has 0 saturated heterocycles. The standard InChI is InChI=1S/C18H13N3O3/c1-23-14-8-4-5-10-9-12(16(19)24-15(10)14)17-20-13-7-3-2-6-11(13)18(22)21-17/h2-9,19H,1H3,(H,20,21,22). The maximum Gasteiger partial charge on any atom is 0.259 e. The van der Waals surface area contributed by atoms with Gasteiger partial charge in [-0.1, -0.05) is 24.3 Å². The molecule has 4 rings (SSSR count). The molecular weight excluding hydrogens is 306 g/mol. The number of hydrogen-bond donors (Lipinski definition) is 2. The van der Waals surface area contributed by atoms with E-state index in [0.717, 1.165) is 5.39 Å². The van der Waals surface area contributed by atoms with Crippen molar-refractivity contribution in [3.63, 3.8) is 0 Å². The second-order valence-corrected chi connectivity index (χ2v) is 5.30. The molecule has 0 spiro atoms. The average Bonchev–Trinajstić information content (AvgIpc) is 2.60. The first-order chi connectivity index (χ1) is 11.7. The molecule has 0 atom stereocenters. The van der Waals surface area contributed by atoms with E-state index in [-0.39, 0.29) is 11.1 Å². The number of para-hydroxylation sites is 2. The third-order valence-electron chi connectivity index (χ3n) is 3.85. The summed E-state index contributed by atoms with van der Waals surface area (Å²) >= 11 is 0. The third-order valence-corrected chi connectivity index (χ3v) is 3.85. The van der Waals surface area contributed by atoms with Gasteiger partial charge < -0.3 is 14.1 Å². The number of aromatic amines is 1. The van der Waals surface area contributed by atoms with Crippen LogP contribution in [0.15, 0.2) is 57.7 Å². The number of H-pyrrole nitrogens is 1. The van der Waals surface area contributed by atoms with Crippen molar-refractivity contribution in [1.82, 2.24) is 9.97 Å². The number of methoxy groups -OCH3 is 1. The summed E-state index contributed by atoms with van der Waals surface area (Å²) in [6, 6.07) is 14.3. The van der Waals surface area contributed by atoms with Crippen LogP contribution in [0, 0.1) is 5.41 Å². The van der Waals surface area contributed by atoms with E-state index in [1.54, 1.807) is 37.4 Å². The normalized spacial score (nSPS) is 11.0. The van der Waals surface area contributed by atoms with Crippen LogP contribution in [0.4, 0.5) is 0 Å². The molecule has 24 heavy (non-hydrogen) atoms. The van der Waals surface area contributed by atoms with E-state index in [1.807, 2.05) is 18.2 Å². The summed E-state index contributed by atoms with van der Waals surface area (Å²) in [5.74, 6) is 0.852. The maximum absolute atomic E-state index is 12.2. The van der Waals surface area contributed by atoms with Gasteiger partial charge in [0.1, 0.15) is 5.82 Å². The minimum Gasteiger partial charge on any atom is -0.493 e. The van der Waals surface area contributed by atoms with Crippen LogP contribution in [-0.2, 0) is 0 Å². The summed E-state index contributed by atoms with van der Waals surface area (Å²) in [5, 5.41) is 9.42. The number of benzene rings is 2. The highest BCUT2D eigenvalue weighted by atomic mass is 16.5. The molecule has 0 aliphatic heterocycles. The highest BCUT2D eigenvalue weighted by Gasteiger charge is 2.12. The highest BCUT2D eigenvalue weighted by Crippen LogP contribution is 2.26. The van der Waals surface area contributed by atoms with Crippen LogP contribution in [0.25, 0.3) is 33.3 Å². The zero-order valence-electron chi connectivity index (χ0n) is 12.8. The fourth-order valence-electron chi connectivity index (χ4n) is 2.68. The molecule has 0 unspecified atom stereocenters. The van der Waals surface area contributed by atoms with Crippen LogP contribution in [-0.4, -0.2) is 17.1 Å². The Morgan fingerprint density at radius 2 is 2.00 bits per heavy atom. The first kappa shape index (κ1) is 14.2. The van der Waals surface area contributed by atoms with Gasteiger partial charge in [-0.05, 0) is 24.3 Å². The van der Waals surface area contributed by atoms with Gasteiger partial charge in [-0.25, -0.2) is 4.98 Å². The number of nitrogens with zero attached hydrogens (tertiary/aromatic N) is 1. The lowest BCUT2D eigenvalue weighted by atomic mass is 10.1. The summed E-state index contributed by atoms with van der Waals surface area (Å²) < 4.78 is 10.9. The van der Waals surface area contributed by atoms with Crippen LogP contribution in [0.3, 0.4) is 0 Å². The van der Waals surface area contributed by atoms with E-state index in [9.17, 15) is 4.79 Å². The number of aromatic nitrogens is 2. The molecule has 0 saturated carbocycles. The van der Waals surface area contributed by atoms with Crippen molar-refractivity contribution in [3.05, 3.63) is 64.4 Å². The van der Waals surface area contributed by atoms with Crippen molar-refractivity contribution in [2.24, 2.45) is 0 Å². The minimum absolute atomic E-state index is 0.0922. The summed E-state index contributed by atoms with van der Waals surface area (Å²) in [5.41, 5.74) is 1.13. The lowest BCUT2D eigenvalue weighted by Gasteiger charge is -2.07. The molecule has 0 amide bonds. The number of hydrogen-bond acceptors (Lipinski definition) is 5. The van der Waals surface area contributed by atoms with Crippen molar-refractivity contribution >= 4 is 21.9 Å². The van der Waals surface area contributed by atoms with Gasteiger partial charge in [-0.15, -0.1) is 0 Å². The van der Waals surface area contributed by atoms with E-state index in [4.69, 9.17) is 14.6 Å². The van der Waals surface area contributed by atoms with Gasteiger partial charge in [0.2, 0.25) is 5.55 Å². The average molecular weight is 319 g/mol. The molecule has 0 bridgehead atoms. The fourth-order valence-corrected chi connectivity index (χ4v) is 2.68. The van der Waals surface area contributed by atoms with Gasteiger partial charge >= 0.3 is 0 Å². The quantitative estimate of drug-likeness (QED) is 0.594. The summed E-state index contributed by atoms with van der Waals surface area (Å²) in [6.45, 7) is 0. The van der Waals surface area contributed by atoms with Crippen molar-refractivity contribution < 1.29 is 9.15 Å². The predicted molar refractivity (Wildman–Crippen MR) is 90.0 cm³/mol. The molecule has 0 aliphatic carbocycles. The number of fused-ring (bicyclic) bond motifs is 2. The summed E-state index contributed by atoms with van der Waals surface area (Å²) in [7, 11) is 1.55. The number of rotatable bonds is 2. The van der Waals surface area contributed by atoms with Crippen molar-refractivity contribution in [1.29, 1.82) is 5.41 Å². The van der Waals surface area contributed by atoms with Crippen molar-refractivity contribution in [2.75, 3.05) is 7.11 Å². The van der Waals surface area contributed by atoms with Crippen molar-refractivity contribution in [3.8, 4) is 17.1 Å². The second-order valence-electron chi connectivity index (χ2n) is 5.30. The van der Waals surface area contributed by atoms with E-state index in [0.29, 0.717) is 33.6 Å². The topological polar surface area (TPSA) is 92.0 Å². The van der Waals surface area contributed by atoms with Crippen molar-refractivity contribution in [2.45, 2.75) is 0 Å². The van der Waals surface area contributed by atoms with Crippen LogP contribution in [0.2, 0.25) is 0 Å². The van der Waals surface area contributed by atoms with E-state index in [2.05, 4.69) is 9.97 Å². The SMILES string of the molecule is COc1cccc2cc(-c3nc4ccccc4c(=O)[nH]3)c(=N)oc12. The van der Waals surface area contributed by atoms with Crippen LogP contribution < -0.4 is 15.9 Å². The molecule has 2 heterocycles. The number of ether oxygens (including phenoxy) is 1. The molecule has 6 nitrogen and oxygen atoms in total. The van der Waals surface area contributed by atoms with Gasteiger partial charge in [0, 0.05) is 5.39 Å². The Bertz CT molecular complexity index is 1190. The molecule has 6 heteroatoms. The Morgan fingerprint density at radius 3 is 2.83 bits per heavy atom. The van der Waals surface area contributed by atoms with Crippen LogP contribution in [0.1, 0.15) is 0 Å². The summed E-state index contributed by atoms with van der Waals surface area (Å²) in [6.07, 6.45) is 0. The van der Waals surface area contributed by atoms with E-state index >= 15 is 0 Å². The van der Waals surface area contributed by atoms with Gasteiger partial charge in [0.05, 0.1) is 23.6 Å². The largest absolute Gasteiger partial charge is 0.493 e. The zero-order chi connectivity index (χ0) is 16.7. The number of nitrogens with one attached hydrogen (secondary N) is 2. The molecule has 4 aromatic rings. The van der Waals surface area contributed by atoms with Gasteiger partial charge in [0.15, 0.2) is 11.3 Å². The molecular formula is C18H13N3O3. The van der Waals surface area contributed by atoms with Gasteiger partial charge in [-0.3, -0.25) is 10.2 Å². The Labute approximate surface area is 135 Å². The first-order valence-corrected chi connectivity index (χ1v) is 7.32. The molecule has 2 N–H and O–H groups in total. The molecule has 2 aromatic carbocycles. The Morgan fingerprint density at radius 1 is 1.17 bits per heavy atom. The lowest BCUT2D eigenvalue weighted by molar-refractivity contribution is 0.405. The van der Waals surface area contributed by atoms with E-state index in [1.165, 1.54) is 0 Å². The van der Waals surface area contributed by atoms with Gasteiger partial charge in [-0.2, -0.15) is 0 Å². The smallest absolute Gasteiger partial charge is 0.259 e. The van der Waals surface area contributed by atoms with Crippen LogP contribution >= 0.6 is 0 Å². The molecule has 0 aliphatic rings. The summed E-state index contributed by atoms with van der Waals surface area (Å²) in [4.78, 5) is 19.4. The Balaban J connectivity index is 2.02. The lowest BCUT2D eigenvalue weighted by Crippen LogP contribution is -2.13. The second kappa shape index (κ2) is 5.34. The zero-order valence-corrected chi connectivity index (χ0v) is 12.8.